The molecule has 1 N–H and O–H groups in total. The lowest BCUT2D eigenvalue weighted by atomic mass is 10.1. The van der Waals surface area contributed by atoms with Gasteiger partial charge in [0.15, 0.2) is 0 Å². The molecule has 3 rings (SSSR count). The van der Waals surface area contributed by atoms with Crippen LogP contribution in [0, 0.1) is 11.6 Å². The highest BCUT2D eigenvalue weighted by molar-refractivity contribution is 5.93. The number of benzene rings is 2. The van der Waals surface area contributed by atoms with Crippen molar-refractivity contribution < 1.29 is 18.7 Å². The van der Waals surface area contributed by atoms with Crippen LogP contribution in [0.25, 0.3) is 10.9 Å². The van der Waals surface area contributed by atoms with Crippen LogP contribution < -0.4 is 10.3 Å². The van der Waals surface area contributed by atoms with Crippen LogP contribution in [0.2, 0.25) is 0 Å². The van der Waals surface area contributed by atoms with E-state index in [1.54, 1.807) is 34.7 Å². The molecule has 0 fully saturated rings. The van der Waals surface area contributed by atoms with Crippen LogP contribution in [0.15, 0.2) is 47.4 Å². The molecule has 0 atom stereocenters. The van der Waals surface area contributed by atoms with Crippen LogP contribution in [-0.2, 0) is 6.54 Å². The molecule has 0 aliphatic heterocycles. The number of carboxylic acid groups (broad SMARTS) is 1. The van der Waals surface area contributed by atoms with Crippen molar-refractivity contribution in [1.29, 1.82) is 0 Å². The SMILES string of the molecule is CC(C)n1cc(C(=O)O)c(=O)c2cc(F)c(N(C)Cc3ccc(F)cc3)cc21. The number of carboxylic acids is 1. The number of fused-ring (bicyclic) bond motifs is 1. The number of nitrogens with zero attached hydrogens (tertiary/aromatic N) is 2. The molecule has 0 saturated heterocycles. The third kappa shape index (κ3) is 3.60. The van der Waals surface area contributed by atoms with E-state index >= 15 is 0 Å². The van der Waals surface area contributed by atoms with Crippen LogP contribution in [0.1, 0.15) is 35.8 Å². The van der Waals surface area contributed by atoms with Gasteiger partial charge < -0.3 is 14.6 Å². The Balaban J connectivity index is 2.14. The topological polar surface area (TPSA) is 62.5 Å². The maximum atomic E-state index is 14.8. The maximum Gasteiger partial charge on any atom is 0.341 e. The zero-order valence-corrected chi connectivity index (χ0v) is 15.7. The minimum Gasteiger partial charge on any atom is -0.477 e. The van der Waals surface area contributed by atoms with Gasteiger partial charge >= 0.3 is 5.97 Å². The first-order chi connectivity index (χ1) is 13.2. The van der Waals surface area contributed by atoms with Crippen molar-refractivity contribution in [3.05, 3.63) is 75.6 Å². The van der Waals surface area contributed by atoms with E-state index in [2.05, 4.69) is 0 Å². The fraction of sp³-hybridized carbons (Fsp3) is 0.238. The standard InChI is InChI=1S/C21H20F2N2O3/c1-12(2)25-11-16(21(27)28)20(26)15-8-17(23)19(9-18(15)25)24(3)10-13-4-6-14(22)7-5-13/h4-9,11-12H,10H2,1-3H3,(H,27,28). The first-order valence-electron chi connectivity index (χ1n) is 8.76. The van der Waals surface area contributed by atoms with E-state index in [0.29, 0.717) is 12.1 Å². The number of rotatable bonds is 5. The number of hydrogen-bond acceptors (Lipinski definition) is 3. The van der Waals surface area contributed by atoms with Crippen molar-refractivity contribution in [3.63, 3.8) is 0 Å². The number of carbonyl (C=O) groups is 1. The summed E-state index contributed by atoms with van der Waals surface area (Å²) in [5, 5.41) is 9.30. The van der Waals surface area contributed by atoms with Crippen molar-refractivity contribution >= 4 is 22.6 Å². The van der Waals surface area contributed by atoms with Gasteiger partial charge in [0.05, 0.1) is 11.2 Å². The average Bonchev–Trinajstić information content (AvgIpc) is 2.63. The molecule has 28 heavy (non-hydrogen) atoms. The Morgan fingerprint density at radius 3 is 2.39 bits per heavy atom. The molecule has 7 heteroatoms. The molecule has 0 radical (unpaired) electrons. The average molecular weight is 386 g/mol. The third-order valence-corrected chi connectivity index (χ3v) is 4.63. The van der Waals surface area contributed by atoms with E-state index in [0.717, 1.165) is 11.6 Å². The summed E-state index contributed by atoms with van der Waals surface area (Å²) < 4.78 is 29.5. The smallest absolute Gasteiger partial charge is 0.341 e. The van der Waals surface area contributed by atoms with Crippen molar-refractivity contribution in [1.82, 2.24) is 4.57 Å². The molecule has 2 aromatic carbocycles. The molecule has 146 valence electrons. The summed E-state index contributed by atoms with van der Waals surface area (Å²) in [4.78, 5) is 25.5. The number of hydrogen-bond donors (Lipinski definition) is 1. The zero-order chi connectivity index (χ0) is 20.6. The van der Waals surface area contributed by atoms with Crippen LogP contribution in [0.4, 0.5) is 14.5 Å². The van der Waals surface area contributed by atoms with E-state index in [1.165, 1.54) is 18.3 Å². The zero-order valence-electron chi connectivity index (χ0n) is 15.7. The molecule has 0 saturated carbocycles. The first kappa shape index (κ1) is 19.5. The van der Waals surface area contributed by atoms with Gasteiger partial charge in [0.25, 0.3) is 0 Å². The quantitative estimate of drug-likeness (QED) is 0.714. The minimum absolute atomic E-state index is 0.0185. The van der Waals surface area contributed by atoms with Crippen molar-refractivity contribution in [2.45, 2.75) is 26.4 Å². The summed E-state index contributed by atoms with van der Waals surface area (Å²) in [6, 6.07) is 8.40. The van der Waals surface area contributed by atoms with Gasteiger partial charge in [-0.25, -0.2) is 13.6 Å². The van der Waals surface area contributed by atoms with Crippen molar-refractivity contribution in [2.75, 3.05) is 11.9 Å². The van der Waals surface area contributed by atoms with Gasteiger partial charge in [0, 0.05) is 31.2 Å². The lowest BCUT2D eigenvalue weighted by molar-refractivity contribution is 0.0694. The Morgan fingerprint density at radius 2 is 1.82 bits per heavy atom. The molecule has 0 spiro atoms. The third-order valence-electron chi connectivity index (χ3n) is 4.63. The van der Waals surface area contributed by atoms with Crippen LogP contribution >= 0.6 is 0 Å². The van der Waals surface area contributed by atoms with Crippen molar-refractivity contribution in [3.8, 4) is 0 Å². The van der Waals surface area contributed by atoms with E-state index < -0.39 is 22.8 Å². The molecule has 0 bridgehead atoms. The summed E-state index contributed by atoms with van der Waals surface area (Å²) >= 11 is 0. The number of pyridine rings is 1. The predicted octanol–water partition coefficient (Wildman–Crippen LogP) is 4.20. The monoisotopic (exact) mass is 386 g/mol. The maximum absolute atomic E-state index is 14.8. The molecule has 0 unspecified atom stereocenters. The Bertz CT molecular complexity index is 1110. The highest BCUT2D eigenvalue weighted by Gasteiger charge is 2.19. The number of halogens is 2. The Morgan fingerprint density at radius 1 is 1.18 bits per heavy atom. The largest absolute Gasteiger partial charge is 0.477 e. The fourth-order valence-corrected chi connectivity index (χ4v) is 3.18. The molecule has 5 nitrogen and oxygen atoms in total. The number of anilines is 1. The van der Waals surface area contributed by atoms with E-state index in [9.17, 15) is 23.5 Å². The summed E-state index contributed by atoms with van der Waals surface area (Å²) in [6.45, 7) is 4.03. The summed E-state index contributed by atoms with van der Waals surface area (Å²) in [5.41, 5.74) is 0.394. The Hall–Kier alpha value is -3.22. The Kier molecular flexibility index (Phi) is 5.18. The number of aromatic nitrogens is 1. The molecule has 0 aliphatic carbocycles. The van der Waals surface area contributed by atoms with Gasteiger partial charge in [-0.15, -0.1) is 0 Å². The summed E-state index contributed by atoms with van der Waals surface area (Å²) in [5.74, 6) is -2.33. The highest BCUT2D eigenvalue weighted by atomic mass is 19.1. The summed E-state index contributed by atoms with van der Waals surface area (Å²) in [6.07, 6.45) is 1.29. The van der Waals surface area contributed by atoms with Gasteiger partial charge in [0.2, 0.25) is 5.43 Å². The fourth-order valence-electron chi connectivity index (χ4n) is 3.18. The lowest BCUT2D eigenvalue weighted by Gasteiger charge is -2.23. The van der Waals surface area contributed by atoms with Gasteiger partial charge in [-0.05, 0) is 43.7 Å². The second kappa shape index (κ2) is 7.42. The highest BCUT2D eigenvalue weighted by Crippen LogP contribution is 2.27. The molecular formula is C21H20F2N2O3. The number of aromatic carboxylic acids is 1. The van der Waals surface area contributed by atoms with E-state index in [-0.39, 0.29) is 22.9 Å². The normalized spacial score (nSPS) is 11.2. The summed E-state index contributed by atoms with van der Waals surface area (Å²) in [7, 11) is 1.69. The minimum atomic E-state index is -1.35. The molecule has 1 heterocycles. The van der Waals surface area contributed by atoms with Crippen LogP contribution in [0.5, 0.6) is 0 Å². The molecule has 0 aliphatic rings. The van der Waals surface area contributed by atoms with Gasteiger partial charge in [-0.2, -0.15) is 0 Å². The second-order valence-electron chi connectivity index (χ2n) is 6.98. The molecule has 0 amide bonds. The predicted molar refractivity (Wildman–Crippen MR) is 104 cm³/mol. The molecule has 3 aromatic rings. The molecular weight excluding hydrogens is 366 g/mol. The first-order valence-corrected chi connectivity index (χ1v) is 8.76. The van der Waals surface area contributed by atoms with Gasteiger partial charge in [0.1, 0.15) is 17.2 Å². The van der Waals surface area contributed by atoms with E-state index in [4.69, 9.17) is 0 Å². The van der Waals surface area contributed by atoms with Crippen LogP contribution in [-0.4, -0.2) is 22.7 Å². The van der Waals surface area contributed by atoms with Gasteiger partial charge in [-0.3, -0.25) is 4.79 Å². The Labute approximate surface area is 160 Å². The van der Waals surface area contributed by atoms with E-state index in [1.807, 2.05) is 13.8 Å². The van der Waals surface area contributed by atoms with Crippen LogP contribution in [0.3, 0.4) is 0 Å². The second-order valence-corrected chi connectivity index (χ2v) is 6.98. The van der Waals surface area contributed by atoms with Gasteiger partial charge in [-0.1, -0.05) is 12.1 Å². The lowest BCUT2D eigenvalue weighted by Crippen LogP contribution is -2.22. The van der Waals surface area contributed by atoms with Crippen molar-refractivity contribution in [2.24, 2.45) is 0 Å². The molecule has 1 aromatic heterocycles.